The molecule has 0 spiro atoms. The maximum Gasteiger partial charge on any atom is 0.265 e. The number of carbonyl (C=O) groups excluding carboxylic acids is 3. The van der Waals surface area contributed by atoms with E-state index >= 15 is 0 Å². The first-order valence-corrected chi connectivity index (χ1v) is 14.4. The van der Waals surface area contributed by atoms with Crippen LogP contribution in [0.5, 0.6) is 0 Å². The first-order chi connectivity index (χ1) is 18.8. The number of ether oxygens (including phenoxy) is 1. The van der Waals surface area contributed by atoms with Crippen molar-refractivity contribution in [1.82, 2.24) is 10.2 Å². The van der Waals surface area contributed by atoms with Crippen LogP contribution in [0.25, 0.3) is 0 Å². The van der Waals surface area contributed by atoms with Gasteiger partial charge in [0.05, 0.1) is 21.5 Å². The predicted molar refractivity (Wildman–Crippen MR) is 146 cm³/mol. The summed E-state index contributed by atoms with van der Waals surface area (Å²) in [5.41, 5.74) is -0.0178. The van der Waals surface area contributed by atoms with Crippen LogP contribution in [0, 0.1) is 5.92 Å². The molecule has 0 unspecified atom stereocenters. The number of nitrogens with one attached hydrogen (secondary N) is 2. The monoisotopic (exact) mass is 580 g/mol. The van der Waals surface area contributed by atoms with Crippen molar-refractivity contribution in [3.63, 3.8) is 0 Å². The summed E-state index contributed by atoms with van der Waals surface area (Å²) in [6.07, 6.45) is 2.49. The molecule has 2 N–H and O–H groups in total. The minimum atomic E-state index is -2.85. The SMILES string of the molecule is O=C(NC[C@H](C(=O)Nc1ccc(N2CCOCC2=O)c(C(F)F)c1)N(CC1CCC1)C1CC1)c1ccc(Cl)s1. The van der Waals surface area contributed by atoms with Crippen molar-refractivity contribution in [2.75, 3.05) is 43.1 Å². The number of hydrogen-bond acceptors (Lipinski definition) is 6. The molecule has 2 aromatic rings. The van der Waals surface area contributed by atoms with Crippen molar-refractivity contribution in [2.45, 2.75) is 50.6 Å². The van der Waals surface area contributed by atoms with Gasteiger partial charge in [0.2, 0.25) is 5.91 Å². The van der Waals surface area contributed by atoms with E-state index < -0.39 is 12.5 Å². The smallest absolute Gasteiger partial charge is 0.265 e. The minimum absolute atomic E-state index is 0.0749. The molecule has 2 heterocycles. The second-order valence-corrected chi connectivity index (χ2v) is 11.9. The Labute approximate surface area is 234 Å². The maximum absolute atomic E-state index is 14.0. The lowest BCUT2D eigenvalue weighted by Crippen LogP contribution is -2.53. The normalized spacial score (nSPS) is 18.8. The van der Waals surface area contributed by atoms with E-state index in [2.05, 4.69) is 15.5 Å². The number of rotatable bonds is 11. The molecule has 5 rings (SSSR count). The molecule has 210 valence electrons. The fourth-order valence-corrected chi connectivity index (χ4v) is 5.99. The third-order valence-corrected chi connectivity index (χ3v) is 8.70. The van der Waals surface area contributed by atoms with Crippen molar-refractivity contribution in [3.8, 4) is 0 Å². The summed E-state index contributed by atoms with van der Waals surface area (Å²) >= 11 is 7.14. The number of halogens is 3. The number of alkyl halides is 2. The van der Waals surface area contributed by atoms with E-state index in [0.717, 1.165) is 43.6 Å². The number of carbonyl (C=O) groups is 3. The lowest BCUT2D eigenvalue weighted by atomic mass is 9.84. The van der Waals surface area contributed by atoms with E-state index in [1.54, 1.807) is 12.1 Å². The summed E-state index contributed by atoms with van der Waals surface area (Å²) in [5, 5.41) is 5.68. The number of nitrogens with zero attached hydrogens (tertiary/aromatic N) is 2. The number of anilines is 2. The van der Waals surface area contributed by atoms with Crippen molar-refractivity contribution in [2.24, 2.45) is 5.92 Å². The molecular weight excluding hydrogens is 550 g/mol. The highest BCUT2D eigenvalue weighted by Gasteiger charge is 2.39. The summed E-state index contributed by atoms with van der Waals surface area (Å²) in [6, 6.07) is 7.04. The Morgan fingerprint density at radius 2 is 1.97 bits per heavy atom. The van der Waals surface area contributed by atoms with Crippen LogP contribution in [-0.2, 0) is 14.3 Å². The van der Waals surface area contributed by atoms with Gasteiger partial charge in [-0.2, -0.15) is 0 Å². The van der Waals surface area contributed by atoms with Gasteiger partial charge in [0, 0.05) is 36.9 Å². The van der Waals surface area contributed by atoms with Gasteiger partial charge in [-0.1, -0.05) is 18.0 Å². The van der Waals surface area contributed by atoms with Crippen LogP contribution in [0.4, 0.5) is 20.2 Å². The van der Waals surface area contributed by atoms with Crippen molar-refractivity contribution >= 4 is 52.0 Å². The van der Waals surface area contributed by atoms with Crippen LogP contribution < -0.4 is 15.5 Å². The van der Waals surface area contributed by atoms with Crippen LogP contribution in [0.3, 0.4) is 0 Å². The van der Waals surface area contributed by atoms with E-state index in [9.17, 15) is 23.2 Å². The lowest BCUT2D eigenvalue weighted by molar-refractivity contribution is -0.125. The van der Waals surface area contributed by atoms with Crippen LogP contribution in [0.15, 0.2) is 30.3 Å². The van der Waals surface area contributed by atoms with Gasteiger partial charge in [-0.15, -0.1) is 11.3 Å². The highest BCUT2D eigenvalue weighted by atomic mass is 35.5. The zero-order valence-corrected chi connectivity index (χ0v) is 22.9. The van der Waals surface area contributed by atoms with E-state index in [-0.39, 0.29) is 67.0 Å². The van der Waals surface area contributed by atoms with Crippen molar-refractivity contribution in [1.29, 1.82) is 0 Å². The van der Waals surface area contributed by atoms with Gasteiger partial charge in [0.15, 0.2) is 0 Å². The Morgan fingerprint density at radius 1 is 1.18 bits per heavy atom. The van der Waals surface area contributed by atoms with Crippen LogP contribution in [0.2, 0.25) is 4.34 Å². The van der Waals surface area contributed by atoms with Crippen molar-refractivity contribution in [3.05, 3.63) is 45.1 Å². The molecule has 3 fully saturated rings. The van der Waals surface area contributed by atoms with Gasteiger partial charge >= 0.3 is 0 Å². The molecule has 1 aromatic carbocycles. The molecule has 1 aliphatic heterocycles. The summed E-state index contributed by atoms with van der Waals surface area (Å²) < 4.78 is 33.7. The molecule has 0 radical (unpaired) electrons. The zero-order valence-electron chi connectivity index (χ0n) is 21.3. The molecule has 2 saturated carbocycles. The van der Waals surface area contributed by atoms with Gasteiger partial charge < -0.3 is 20.3 Å². The summed E-state index contributed by atoms with van der Waals surface area (Å²) in [4.78, 5) is 42.6. The van der Waals surface area contributed by atoms with Gasteiger partial charge in [-0.05, 0) is 61.9 Å². The summed E-state index contributed by atoms with van der Waals surface area (Å²) in [6.45, 7) is 1.11. The summed E-state index contributed by atoms with van der Waals surface area (Å²) in [5.74, 6) is -0.577. The van der Waals surface area contributed by atoms with Gasteiger partial charge in [0.1, 0.15) is 12.6 Å². The fraction of sp³-hybridized carbons (Fsp3) is 0.519. The molecule has 0 bridgehead atoms. The standard InChI is InChI=1S/C27H31ClF2N4O4S/c28-23-9-8-22(39-23)27(37)31-13-21(34(18-5-6-18)14-16-2-1-3-16)26(36)32-17-4-7-20(19(12-17)25(29)30)33-10-11-38-15-24(33)35/h4,7-9,12,16,18,21,25H,1-3,5-6,10-11,13-15H2,(H,31,37)(H,32,36)/t21-/m1/s1. The molecule has 8 nitrogen and oxygen atoms in total. The Morgan fingerprint density at radius 3 is 2.59 bits per heavy atom. The van der Waals surface area contributed by atoms with Crippen LogP contribution >= 0.6 is 22.9 Å². The molecule has 3 aliphatic rings. The number of amides is 3. The molecule has 1 aromatic heterocycles. The zero-order chi connectivity index (χ0) is 27.5. The first kappa shape index (κ1) is 27.9. The number of benzene rings is 1. The number of thiophene rings is 1. The third kappa shape index (κ3) is 6.77. The van der Waals surface area contributed by atoms with E-state index in [0.29, 0.717) is 15.1 Å². The molecular formula is C27H31ClF2N4O4S. The molecule has 12 heteroatoms. The average Bonchev–Trinajstić information content (AvgIpc) is 3.64. The topological polar surface area (TPSA) is 91.0 Å². The first-order valence-electron chi connectivity index (χ1n) is 13.2. The Bertz CT molecular complexity index is 1220. The Balaban J connectivity index is 1.35. The minimum Gasteiger partial charge on any atom is -0.370 e. The molecule has 2 aliphatic carbocycles. The van der Waals surface area contributed by atoms with E-state index in [4.69, 9.17) is 16.3 Å². The second-order valence-electron chi connectivity index (χ2n) is 10.2. The average molecular weight is 581 g/mol. The largest absolute Gasteiger partial charge is 0.370 e. The van der Waals surface area contributed by atoms with E-state index in [1.807, 2.05) is 0 Å². The van der Waals surface area contributed by atoms with E-state index in [1.165, 1.54) is 29.5 Å². The summed E-state index contributed by atoms with van der Waals surface area (Å²) in [7, 11) is 0. The molecule has 1 saturated heterocycles. The predicted octanol–water partition coefficient (Wildman–Crippen LogP) is 4.70. The van der Waals surface area contributed by atoms with Crippen molar-refractivity contribution < 1.29 is 27.9 Å². The Kier molecular flexibility index (Phi) is 8.80. The van der Waals surface area contributed by atoms with Gasteiger partial charge in [0.25, 0.3) is 18.2 Å². The maximum atomic E-state index is 14.0. The quantitative estimate of drug-likeness (QED) is 0.402. The van der Waals surface area contributed by atoms with Crippen LogP contribution in [0.1, 0.15) is 53.8 Å². The lowest BCUT2D eigenvalue weighted by Gasteiger charge is -2.37. The molecule has 39 heavy (non-hydrogen) atoms. The van der Waals surface area contributed by atoms with Gasteiger partial charge in [-0.25, -0.2) is 8.78 Å². The second kappa shape index (κ2) is 12.3. The highest BCUT2D eigenvalue weighted by molar-refractivity contribution is 7.18. The van der Waals surface area contributed by atoms with Crippen LogP contribution in [-0.4, -0.2) is 67.6 Å². The number of hydrogen-bond donors (Lipinski definition) is 2. The molecule has 1 atom stereocenters. The third-order valence-electron chi connectivity index (χ3n) is 7.47. The number of morpholine rings is 1. The van der Waals surface area contributed by atoms with Gasteiger partial charge in [-0.3, -0.25) is 19.3 Å². The molecule has 3 amide bonds. The fourth-order valence-electron chi connectivity index (χ4n) is 5.04. The highest BCUT2D eigenvalue weighted by Crippen LogP contribution is 2.36. The Hall–Kier alpha value is -2.60.